The molecule has 5 heteroatoms. The first-order chi connectivity index (χ1) is 9.63. The molecule has 0 fully saturated rings. The molecule has 3 rings (SSSR count). The van der Waals surface area contributed by atoms with Gasteiger partial charge in [-0.05, 0) is 24.3 Å². The highest BCUT2D eigenvalue weighted by Gasteiger charge is 2.11. The maximum Gasteiger partial charge on any atom is 0.294 e. The van der Waals surface area contributed by atoms with Gasteiger partial charge in [-0.3, -0.25) is 4.79 Å². The van der Waals surface area contributed by atoms with E-state index in [-0.39, 0.29) is 22.0 Å². The van der Waals surface area contributed by atoms with Crippen LogP contribution in [0.2, 0.25) is 10.0 Å². The van der Waals surface area contributed by atoms with Gasteiger partial charge < -0.3 is 9.15 Å². The zero-order chi connectivity index (χ0) is 14.1. The van der Waals surface area contributed by atoms with E-state index < -0.39 is 0 Å². The van der Waals surface area contributed by atoms with Crippen molar-refractivity contribution in [1.29, 1.82) is 0 Å². The molecule has 0 saturated heterocycles. The Morgan fingerprint density at radius 1 is 1.00 bits per heavy atom. The fraction of sp³-hybridized carbons (Fsp3) is 0. The Hall–Kier alpha value is -1.97. The molecule has 3 aromatic rings. The molecule has 0 radical (unpaired) electrons. The normalized spacial score (nSPS) is 10.7. The molecule has 0 aliphatic heterocycles. The number of benzene rings is 2. The minimum atomic E-state index is -0.262. The van der Waals surface area contributed by atoms with E-state index in [1.54, 1.807) is 12.1 Å². The maximum absolute atomic E-state index is 12.0. The molecule has 0 amide bonds. The summed E-state index contributed by atoms with van der Waals surface area (Å²) in [7, 11) is 0. The average molecular weight is 307 g/mol. The third-order valence-corrected chi connectivity index (χ3v) is 3.19. The number of para-hydroxylation sites is 1. The first kappa shape index (κ1) is 13.0. The van der Waals surface area contributed by atoms with E-state index in [0.29, 0.717) is 16.2 Å². The van der Waals surface area contributed by atoms with Crippen LogP contribution in [-0.2, 0) is 0 Å². The zero-order valence-electron chi connectivity index (χ0n) is 10.1. The summed E-state index contributed by atoms with van der Waals surface area (Å²) in [5, 5.41) is 0.970. The SMILES string of the molecule is O=c1cc(Oc2ccccc2)oc2c(Cl)cc(Cl)cc12. The number of rotatable bonds is 2. The van der Waals surface area contributed by atoms with Crippen molar-refractivity contribution in [2.24, 2.45) is 0 Å². The second kappa shape index (κ2) is 5.19. The van der Waals surface area contributed by atoms with E-state index in [1.165, 1.54) is 18.2 Å². The number of fused-ring (bicyclic) bond motifs is 1. The van der Waals surface area contributed by atoms with Crippen molar-refractivity contribution >= 4 is 34.2 Å². The summed E-state index contributed by atoms with van der Waals surface area (Å²) < 4.78 is 11.0. The van der Waals surface area contributed by atoms with Crippen LogP contribution in [0.15, 0.2) is 57.7 Å². The van der Waals surface area contributed by atoms with E-state index in [4.69, 9.17) is 32.4 Å². The number of hydrogen-bond donors (Lipinski definition) is 0. The highest BCUT2D eigenvalue weighted by Crippen LogP contribution is 2.30. The van der Waals surface area contributed by atoms with Gasteiger partial charge in [0, 0.05) is 5.02 Å². The molecule has 1 aromatic heterocycles. The fourth-order valence-corrected chi connectivity index (χ4v) is 2.35. The first-order valence-corrected chi connectivity index (χ1v) is 6.55. The molecule has 3 nitrogen and oxygen atoms in total. The van der Waals surface area contributed by atoms with Crippen molar-refractivity contribution in [3.63, 3.8) is 0 Å². The summed E-state index contributed by atoms with van der Waals surface area (Å²) in [6.45, 7) is 0. The lowest BCUT2D eigenvalue weighted by atomic mass is 10.2. The van der Waals surface area contributed by atoms with Gasteiger partial charge in [0.15, 0.2) is 11.0 Å². The Labute approximate surface area is 124 Å². The zero-order valence-corrected chi connectivity index (χ0v) is 11.6. The molecule has 0 aliphatic rings. The molecule has 0 atom stereocenters. The second-order valence-electron chi connectivity index (χ2n) is 4.11. The molecule has 0 aliphatic carbocycles. The van der Waals surface area contributed by atoms with Crippen LogP contribution in [0, 0.1) is 0 Å². The van der Waals surface area contributed by atoms with Crippen molar-refractivity contribution < 1.29 is 9.15 Å². The number of halogens is 2. The van der Waals surface area contributed by atoms with E-state index in [0.717, 1.165) is 0 Å². The summed E-state index contributed by atoms with van der Waals surface area (Å²) in [4.78, 5) is 12.0. The summed E-state index contributed by atoms with van der Waals surface area (Å²) in [5.74, 6) is 0.651. The molecular weight excluding hydrogens is 299 g/mol. The third kappa shape index (κ3) is 2.50. The summed E-state index contributed by atoms with van der Waals surface area (Å²) in [6.07, 6.45) is 0. The van der Waals surface area contributed by atoms with Crippen LogP contribution in [0.4, 0.5) is 0 Å². The van der Waals surface area contributed by atoms with Crippen LogP contribution in [0.25, 0.3) is 11.0 Å². The van der Waals surface area contributed by atoms with E-state index in [2.05, 4.69) is 0 Å². The van der Waals surface area contributed by atoms with Gasteiger partial charge in [-0.25, -0.2) is 0 Å². The van der Waals surface area contributed by atoms with Crippen LogP contribution in [-0.4, -0.2) is 0 Å². The third-order valence-electron chi connectivity index (χ3n) is 2.69. The van der Waals surface area contributed by atoms with Crippen LogP contribution in [0.3, 0.4) is 0 Å². The molecule has 0 N–H and O–H groups in total. The van der Waals surface area contributed by atoms with Crippen molar-refractivity contribution in [3.8, 4) is 11.7 Å². The topological polar surface area (TPSA) is 39.4 Å². The van der Waals surface area contributed by atoms with Crippen molar-refractivity contribution in [1.82, 2.24) is 0 Å². The molecule has 2 aromatic carbocycles. The van der Waals surface area contributed by atoms with Gasteiger partial charge in [0.25, 0.3) is 5.95 Å². The van der Waals surface area contributed by atoms with Crippen molar-refractivity contribution in [2.75, 3.05) is 0 Å². The quantitative estimate of drug-likeness (QED) is 0.676. The summed E-state index contributed by atoms with van der Waals surface area (Å²) in [6, 6.07) is 13.3. The van der Waals surface area contributed by atoms with Crippen LogP contribution in [0.1, 0.15) is 0 Å². The Bertz CT molecular complexity index is 826. The molecule has 20 heavy (non-hydrogen) atoms. The molecule has 0 saturated carbocycles. The van der Waals surface area contributed by atoms with E-state index >= 15 is 0 Å². The lowest BCUT2D eigenvalue weighted by Gasteiger charge is -2.06. The van der Waals surface area contributed by atoms with Gasteiger partial charge >= 0.3 is 0 Å². The van der Waals surface area contributed by atoms with Crippen LogP contribution < -0.4 is 10.2 Å². The van der Waals surface area contributed by atoms with Gasteiger partial charge in [0.2, 0.25) is 0 Å². The Kier molecular flexibility index (Phi) is 3.38. The average Bonchev–Trinajstić information content (AvgIpc) is 2.41. The monoisotopic (exact) mass is 306 g/mol. The molecule has 1 heterocycles. The summed E-state index contributed by atoms with van der Waals surface area (Å²) in [5.41, 5.74) is -0.00363. The fourth-order valence-electron chi connectivity index (χ4n) is 1.82. The predicted molar refractivity (Wildman–Crippen MR) is 79.0 cm³/mol. The second-order valence-corrected chi connectivity index (χ2v) is 4.95. The van der Waals surface area contributed by atoms with Gasteiger partial charge in [0.05, 0.1) is 16.5 Å². The number of hydrogen-bond acceptors (Lipinski definition) is 3. The molecule has 0 spiro atoms. The lowest BCUT2D eigenvalue weighted by Crippen LogP contribution is -2.00. The van der Waals surface area contributed by atoms with Crippen LogP contribution >= 0.6 is 23.2 Å². The van der Waals surface area contributed by atoms with E-state index in [9.17, 15) is 4.79 Å². The minimum absolute atomic E-state index is 0.0814. The smallest absolute Gasteiger partial charge is 0.294 e. The molecular formula is C15H8Cl2O3. The highest BCUT2D eigenvalue weighted by molar-refractivity contribution is 6.38. The molecule has 0 bridgehead atoms. The highest BCUT2D eigenvalue weighted by atomic mass is 35.5. The molecule has 0 unspecified atom stereocenters. The first-order valence-electron chi connectivity index (χ1n) is 5.79. The van der Waals surface area contributed by atoms with E-state index in [1.807, 2.05) is 18.2 Å². The minimum Gasteiger partial charge on any atom is -0.426 e. The largest absolute Gasteiger partial charge is 0.426 e. The Morgan fingerprint density at radius 2 is 1.75 bits per heavy atom. The molecule has 100 valence electrons. The van der Waals surface area contributed by atoms with Gasteiger partial charge in [-0.1, -0.05) is 41.4 Å². The van der Waals surface area contributed by atoms with Crippen molar-refractivity contribution in [2.45, 2.75) is 0 Å². The van der Waals surface area contributed by atoms with Gasteiger partial charge in [0.1, 0.15) is 5.75 Å². The number of ether oxygens (including phenoxy) is 1. The van der Waals surface area contributed by atoms with Crippen molar-refractivity contribution in [3.05, 3.63) is 68.8 Å². The Balaban J connectivity index is 2.13. The standard InChI is InChI=1S/C15H8Cl2O3/c16-9-6-11-13(18)8-14(20-15(11)12(17)7-9)19-10-4-2-1-3-5-10/h1-8H. The van der Waals surface area contributed by atoms with Gasteiger partial charge in [-0.2, -0.15) is 0 Å². The maximum atomic E-state index is 12.0. The Morgan fingerprint density at radius 3 is 2.50 bits per heavy atom. The predicted octanol–water partition coefficient (Wildman–Crippen LogP) is 4.89. The van der Waals surface area contributed by atoms with Crippen LogP contribution in [0.5, 0.6) is 11.7 Å². The lowest BCUT2D eigenvalue weighted by molar-refractivity contribution is 0.354. The van der Waals surface area contributed by atoms with Gasteiger partial charge in [-0.15, -0.1) is 0 Å². The summed E-state index contributed by atoms with van der Waals surface area (Å²) >= 11 is 11.9.